The third-order valence-corrected chi connectivity index (χ3v) is 6.99. The molecule has 8 heteroatoms. The Bertz CT molecular complexity index is 1550. The van der Waals surface area contributed by atoms with Gasteiger partial charge in [-0.3, -0.25) is 9.59 Å². The van der Waals surface area contributed by atoms with Crippen LogP contribution in [0.2, 0.25) is 0 Å². The number of aliphatic hydroxyl groups is 1. The minimum atomic E-state index is -1.22. The fraction of sp³-hybridized carbons (Fsp3) is 0.235. The van der Waals surface area contributed by atoms with Crippen molar-refractivity contribution >= 4 is 11.7 Å². The van der Waals surface area contributed by atoms with Crippen LogP contribution in [0, 0.1) is 25.5 Å². The first-order valence-electron chi connectivity index (χ1n) is 13.6. The van der Waals surface area contributed by atoms with Crippen LogP contribution in [0.15, 0.2) is 84.9 Å². The average Bonchev–Trinajstić information content (AvgIpc) is 2.95. The van der Waals surface area contributed by atoms with Crippen molar-refractivity contribution in [2.75, 3.05) is 13.7 Å². The summed E-state index contributed by atoms with van der Waals surface area (Å²) in [5.74, 6) is -1.50. The number of halogens is 2. The number of rotatable bonds is 11. The largest absolute Gasteiger partial charge is 0.497 e. The molecule has 218 valence electrons. The van der Waals surface area contributed by atoms with Crippen LogP contribution in [-0.2, 0) is 13.0 Å². The number of carbonyl (C=O) groups is 2. The number of nitrogens with two attached hydrogens (primary N) is 1. The number of benzene rings is 4. The van der Waals surface area contributed by atoms with Gasteiger partial charge in [0.25, 0.3) is 5.91 Å². The summed E-state index contributed by atoms with van der Waals surface area (Å²) in [5, 5.41) is 11.0. The van der Waals surface area contributed by atoms with Crippen molar-refractivity contribution in [3.8, 4) is 5.75 Å². The van der Waals surface area contributed by atoms with Gasteiger partial charge in [0, 0.05) is 41.9 Å². The second-order valence-electron chi connectivity index (χ2n) is 10.5. The smallest absolute Gasteiger partial charge is 0.254 e. The molecule has 0 heterocycles. The van der Waals surface area contributed by atoms with Gasteiger partial charge < -0.3 is 20.5 Å². The molecule has 0 aliphatic rings. The monoisotopic (exact) mass is 572 g/mol. The van der Waals surface area contributed by atoms with E-state index < -0.39 is 29.7 Å². The van der Waals surface area contributed by atoms with Gasteiger partial charge in [-0.1, -0.05) is 42.0 Å². The van der Waals surface area contributed by atoms with E-state index in [-0.39, 0.29) is 30.9 Å². The second kappa shape index (κ2) is 13.5. The summed E-state index contributed by atoms with van der Waals surface area (Å²) < 4.78 is 32.7. The number of ether oxygens (including phenoxy) is 1. The maximum Gasteiger partial charge on any atom is 0.254 e. The second-order valence-corrected chi connectivity index (χ2v) is 10.5. The number of carbonyl (C=O) groups excluding carboxylic acids is 2. The van der Waals surface area contributed by atoms with Crippen LogP contribution in [0.3, 0.4) is 0 Å². The molecule has 0 aliphatic heterocycles. The lowest BCUT2D eigenvalue weighted by Crippen LogP contribution is -2.46. The van der Waals surface area contributed by atoms with Crippen LogP contribution in [0.4, 0.5) is 8.78 Å². The van der Waals surface area contributed by atoms with E-state index in [4.69, 9.17) is 10.5 Å². The van der Waals surface area contributed by atoms with Crippen molar-refractivity contribution < 1.29 is 28.2 Å². The van der Waals surface area contributed by atoms with Crippen molar-refractivity contribution in [3.63, 3.8) is 0 Å². The zero-order chi connectivity index (χ0) is 30.4. The summed E-state index contributed by atoms with van der Waals surface area (Å²) in [6.07, 6.45) is -1.22. The van der Waals surface area contributed by atoms with E-state index in [2.05, 4.69) is 0 Å². The number of methoxy groups -OCH3 is 1. The number of hydrogen-bond donors (Lipinski definition) is 2. The molecular weight excluding hydrogens is 538 g/mol. The van der Waals surface area contributed by atoms with Crippen molar-refractivity contribution in [2.24, 2.45) is 5.73 Å². The maximum absolute atomic E-state index is 13.9. The summed E-state index contributed by atoms with van der Waals surface area (Å²) in [5.41, 5.74) is 10.2. The van der Waals surface area contributed by atoms with Gasteiger partial charge in [-0.15, -0.1) is 0 Å². The highest BCUT2D eigenvalue weighted by Crippen LogP contribution is 2.21. The molecule has 0 fully saturated rings. The zero-order valence-corrected chi connectivity index (χ0v) is 23.8. The molecule has 0 saturated carbocycles. The summed E-state index contributed by atoms with van der Waals surface area (Å²) >= 11 is 0. The number of hydrogen-bond acceptors (Lipinski definition) is 5. The third-order valence-electron chi connectivity index (χ3n) is 6.99. The molecule has 42 heavy (non-hydrogen) atoms. The van der Waals surface area contributed by atoms with E-state index in [9.17, 15) is 23.5 Å². The van der Waals surface area contributed by atoms with Gasteiger partial charge >= 0.3 is 0 Å². The first kappa shape index (κ1) is 30.6. The number of nitrogens with zero attached hydrogens (tertiary/aromatic N) is 1. The molecule has 0 unspecified atom stereocenters. The molecule has 0 radical (unpaired) electrons. The highest BCUT2D eigenvalue weighted by atomic mass is 19.1. The van der Waals surface area contributed by atoms with Gasteiger partial charge in [-0.2, -0.15) is 0 Å². The van der Waals surface area contributed by atoms with Crippen molar-refractivity contribution in [1.82, 2.24) is 4.90 Å². The quantitative estimate of drug-likeness (QED) is 0.235. The summed E-state index contributed by atoms with van der Waals surface area (Å²) in [6.45, 7) is 3.69. The first-order chi connectivity index (χ1) is 20.0. The molecule has 0 aromatic heterocycles. The molecule has 2 atom stereocenters. The molecule has 1 amide bonds. The predicted octanol–water partition coefficient (Wildman–Crippen LogP) is 5.39. The Morgan fingerprint density at radius 2 is 1.50 bits per heavy atom. The number of ketones is 1. The Labute approximate surface area is 244 Å². The summed E-state index contributed by atoms with van der Waals surface area (Å²) in [4.78, 5) is 28.7. The fourth-order valence-electron chi connectivity index (χ4n) is 4.80. The lowest BCUT2D eigenvalue weighted by atomic mass is 9.97. The number of aliphatic hydroxyl groups excluding tert-OH is 1. The Balaban J connectivity index is 1.62. The molecule has 4 aromatic carbocycles. The number of aryl methyl sites for hydroxylation is 2. The molecular formula is C34H34F2N2O4. The Morgan fingerprint density at radius 3 is 2.17 bits per heavy atom. The predicted molar refractivity (Wildman–Crippen MR) is 158 cm³/mol. The highest BCUT2D eigenvalue weighted by molar-refractivity contribution is 6.10. The molecule has 0 saturated heterocycles. The van der Waals surface area contributed by atoms with Gasteiger partial charge in [0.2, 0.25) is 0 Å². The fourth-order valence-corrected chi connectivity index (χ4v) is 4.80. The molecule has 0 bridgehead atoms. The topological polar surface area (TPSA) is 92.9 Å². The van der Waals surface area contributed by atoms with Crippen LogP contribution in [0.1, 0.15) is 48.5 Å². The SMILES string of the molecule is COc1cccc(CN(C[C@@H](O)[C@@H](N)Cc2cc(F)cc(F)c2)C(=O)c2cc(C)cc(C(=O)c3ccc(C)cc3)c2)c1. The van der Waals surface area contributed by atoms with Gasteiger partial charge in [-0.05, 0) is 79.4 Å². The minimum absolute atomic E-state index is 0.00329. The van der Waals surface area contributed by atoms with E-state index in [0.717, 1.165) is 34.9 Å². The van der Waals surface area contributed by atoms with E-state index >= 15 is 0 Å². The standard InChI is InChI=1S/C34H34F2N2O4/c1-21-7-9-25(10-8-21)33(40)26-11-22(2)12-27(17-26)34(41)38(19-23-5-4-6-30(15-23)42-3)20-32(39)31(37)16-24-13-28(35)18-29(36)14-24/h4-15,17-18,31-32,39H,16,19-20,37H2,1-3H3/t31-,32+/m0/s1. The average molecular weight is 573 g/mol. The van der Waals surface area contributed by atoms with Crippen LogP contribution in [0.25, 0.3) is 0 Å². The third kappa shape index (κ3) is 7.87. The van der Waals surface area contributed by atoms with Crippen LogP contribution >= 0.6 is 0 Å². The minimum Gasteiger partial charge on any atom is -0.497 e. The molecule has 6 nitrogen and oxygen atoms in total. The summed E-state index contributed by atoms with van der Waals surface area (Å²) in [6, 6.07) is 21.5. The molecule has 0 aliphatic carbocycles. The molecule has 3 N–H and O–H groups in total. The van der Waals surface area contributed by atoms with Crippen LogP contribution in [-0.4, -0.2) is 47.5 Å². The van der Waals surface area contributed by atoms with E-state index in [0.29, 0.717) is 22.4 Å². The van der Waals surface area contributed by atoms with E-state index in [1.807, 2.05) is 25.1 Å². The first-order valence-corrected chi connectivity index (χ1v) is 13.6. The zero-order valence-electron chi connectivity index (χ0n) is 23.8. The van der Waals surface area contributed by atoms with Crippen LogP contribution < -0.4 is 10.5 Å². The van der Waals surface area contributed by atoms with Crippen molar-refractivity contribution in [2.45, 2.75) is 39.0 Å². The molecule has 4 rings (SSSR count). The highest BCUT2D eigenvalue weighted by Gasteiger charge is 2.25. The Kier molecular flexibility index (Phi) is 9.83. The lowest BCUT2D eigenvalue weighted by Gasteiger charge is -2.29. The van der Waals surface area contributed by atoms with Gasteiger partial charge in [-0.25, -0.2) is 8.78 Å². The van der Waals surface area contributed by atoms with E-state index in [1.54, 1.807) is 62.6 Å². The van der Waals surface area contributed by atoms with Gasteiger partial charge in [0.1, 0.15) is 17.4 Å². The number of amides is 1. The maximum atomic E-state index is 13.9. The van der Waals surface area contributed by atoms with Gasteiger partial charge in [0.15, 0.2) is 5.78 Å². The molecule has 4 aromatic rings. The lowest BCUT2D eigenvalue weighted by molar-refractivity contribution is 0.0554. The Morgan fingerprint density at radius 1 is 0.833 bits per heavy atom. The summed E-state index contributed by atoms with van der Waals surface area (Å²) in [7, 11) is 1.54. The van der Waals surface area contributed by atoms with Crippen molar-refractivity contribution in [1.29, 1.82) is 0 Å². The Hall–Kier alpha value is -4.40. The van der Waals surface area contributed by atoms with Crippen LogP contribution in [0.5, 0.6) is 5.75 Å². The van der Waals surface area contributed by atoms with E-state index in [1.165, 1.54) is 4.90 Å². The van der Waals surface area contributed by atoms with Crippen molar-refractivity contribution in [3.05, 3.63) is 136 Å². The van der Waals surface area contributed by atoms with Gasteiger partial charge in [0.05, 0.1) is 13.2 Å². The normalized spacial score (nSPS) is 12.5. The molecule has 0 spiro atoms.